The van der Waals surface area contributed by atoms with Crippen molar-refractivity contribution >= 4 is 22.9 Å². The first-order valence-corrected chi connectivity index (χ1v) is 5.66. The number of hydrazine groups is 1. The lowest BCUT2D eigenvalue weighted by atomic mass is 10.1. The first-order chi connectivity index (χ1) is 9.11. The summed E-state index contributed by atoms with van der Waals surface area (Å²) >= 11 is 0. The van der Waals surface area contributed by atoms with E-state index in [1.807, 2.05) is 29.7 Å². The Morgan fingerprint density at radius 1 is 1.37 bits per heavy atom. The predicted molar refractivity (Wildman–Crippen MR) is 69.3 cm³/mol. The summed E-state index contributed by atoms with van der Waals surface area (Å²) in [4.78, 5) is 25.3. The molecule has 7 nitrogen and oxygen atoms in total. The Bertz CT molecular complexity index is 608. The lowest BCUT2D eigenvalue weighted by molar-refractivity contribution is -0.139. The van der Waals surface area contributed by atoms with Crippen molar-refractivity contribution in [1.29, 1.82) is 0 Å². The molecule has 0 aliphatic carbocycles. The number of aromatic nitrogens is 1. The molecule has 1 aromatic carbocycles. The van der Waals surface area contributed by atoms with E-state index in [0.29, 0.717) is 0 Å². The summed E-state index contributed by atoms with van der Waals surface area (Å²) in [7, 11) is 0. The number of aromatic amines is 1. The SMILES string of the molecule is NNC(=O)N[C@H](Cc1c[nH]c2ccccc12)C(=O)O. The molecule has 7 heteroatoms. The van der Waals surface area contributed by atoms with Crippen molar-refractivity contribution in [2.75, 3.05) is 0 Å². The van der Waals surface area contributed by atoms with Gasteiger partial charge in [0, 0.05) is 23.5 Å². The number of carboxylic acid groups (broad SMARTS) is 1. The topological polar surface area (TPSA) is 120 Å². The van der Waals surface area contributed by atoms with Crippen LogP contribution in [-0.4, -0.2) is 28.1 Å². The van der Waals surface area contributed by atoms with Crippen molar-refractivity contribution < 1.29 is 14.7 Å². The van der Waals surface area contributed by atoms with Gasteiger partial charge in [-0.1, -0.05) is 18.2 Å². The second kappa shape index (κ2) is 5.40. The fourth-order valence-electron chi connectivity index (χ4n) is 1.92. The molecule has 1 heterocycles. The molecule has 0 bridgehead atoms. The molecule has 0 radical (unpaired) electrons. The molecule has 1 aromatic heterocycles. The van der Waals surface area contributed by atoms with Gasteiger partial charge in [-0.15, -0.1) is 0 Å². The van der Waals surface area contributed by atoms with Crippen LogP contribution in [0.15, 0.2) is 30.5 Å². The lowest BCUT2D eigenvalue weighted by Crippen LogP contribution is -2.49. The van der Waals surface area contributed by atoms with Crippen LogP contribution in [0.3, 0.4) is 0 Å². The minimum Gasteiger partial charge on any atom is -0.480 e. The normalized spacial score (nSPS) is 12.1. The second-order valence-corrected chi connectivity index (χ2v) is 4.07. The molecule has 0 aliphatic heterocycles. The third-order valence-electron chi connectivity index (χ3n) is 2.83. The van der Waals surface area contributed by atoms with Gasteiger partial charge < -0.3 is 15.4 Å². The minimum atomic E-state index is -1.12. The van der Waals surface area contributed by atoms with E-state index in [-0.39, 0.29) is 6.42 Å². The molecule has 2 amide bonds. The van der Waals surface area contributed by atoms with Crippen molar-refractivity contribution in [3.8, 4) is 0 Å². The number of carbonyl (C=O) groups excluding carboxylic acids is 1. The molecule has 2 rings (SSSR count). The maximum Gasteiger partial charge on any atom is 0.329 e. The van der Waals surface area contributed by atoms with E-state index in [9.17, 15) is 9.59 Å². The van der Waals surface area contributed by atoms with Crippen molar-refractivity contribution in [2.45, 2.75) is 12.5 Å². The molecule has 0 fully saturated rings. The van der Waals surface area contributed by atoms with Crippen LogP contribution in [0.5, 0.6) is 0 Å². The highest BCUT2D eigenvalue weighted by Crippen LogP contribution is 2.19. The molecule has 0 aliphatic rings. The summed E-state index contributed by atoms with van der Waals surface area (Å²) in [5, 5.41) is 12.3. The van der Waals surface area contributed by atoms with Crippen molar-refractivity contribution in [2.24, 2.45) is 5.84 Å². The first kappa shape index (κ1) is 12.9. The second-order valence-electron chi connectivity index (χ2n) is 4.07. The summed E-state index contributed by atoms with van der Waals surface area (Å²) in [6.07, 6.45) is 1.91. The van der Waals surface area contributed by atoms with Crippen LogP contribution in [-0.2, 0) is 11.2 Å². The Labute approximate surface area is 108 Å². The van der Waals surface area contributed by atoms with Crippen LogP contribution in [0.4, 0.5) is 4.79 Å². The number of carboxylic acids is 1. The summed E-state index contributed by atoms with van der Waals surface area (Å²) < 4.78 is 0. The highest BCUT2D eigenvalue weighted by molar-refractivity contribution is 5.86. The van der Waals surface area contributed by atoms with Crippen LogP contribution in [0, 0.1) is 0 Å². The number of hydrogen-bond donors (Lipinski definition) is 5. The van der Waals surface area contributed by atoms with Gasteiger partial charge in [-0.25, -0.2) is 15.4 Å². The lowest BCUT2D eigenvalue weighted by Gasteiger charge is -2.13. The van der Waals surface area contributed by atoms with Crippen LogP contribution in [0.2, 0.25) is 0 Å². The zero-order valence-corrected chi connectivity index (χ0v) is 10.0. The van der Waals surface area contributed by atoms with E-state index < -0.39 is 18.0 Å². The van der Waals surface area contributed by atoms with E-state index in [0.717, 1.165) is 16.5 Å². The highest BCUT2D eigenvalue weighted by Gasteiger charge is 2.21. The number of urea groups is 1. The van der Waals surface area contributed by atoms with Gasteiger partial charge in [0.05, 0.1) is 0 Å². The van der Waals surface area contributed by atoms with Crippen molar-refractivity contribution in [1.82, 2.24) is 15.7 Å². The quantitative estimate of drug-likeness (QED) is 0.310. The summed E-state index contributed by atoms with van der Waals surface area (Å²) in [6, 6.07) is 5.78. The molecule has 0 spiro atoms. The molecular formula is C12H14N4O3. The van der Waals surface area contributed by atoms with E-state index in [4.69, 9.17) is 10.9 Å². The largest absolute Gasteiger partial charge is 0.480 e. The van der Waals surface area contributed by atoms with Crippen LogP contribution in [0.1, 0.15) is 5.56 Å². The monoisotopic (exact) mass is 262 g/mol. The Kier molecular flexibility index (Phi) is 3.67. The molecular weight excluding hydrogens is 248 g/mol. The Morgan fingerprint density at radius 2 is 2.11 bits per heavy atom. The zero-order valence-electron chi connectivity index (χ0n) is 10.0. The fourth-order valence-corrected chi connectivity index (χ4v) is 1.92. The zero-order chi connectivity index (χ0) is 13.8. The highest BCUT2D eigenvalue weighted by atomic mass is 16.4. The average Bonchev–Trinajstić information content (AvgIpc) is 2.81. The third kappa shape index (κ3) is 2.83. The average molecular weight is 262 g/mol. The summed E-state index contributed by atoms with van der Waals surface area (Å²) in [6.45, 7) is 0. The van der Waals surface area contributed by atoms with Gasteiger partial charge >= 0.3 is 12.0 Å². The number of nitrogens with one attached hydrogen (secondary N) is 3. The van der Waals surface area contributed by atoms with E-state index in [1.165, 1.54) is 0 Å². The Morgan fingerprint density at radius 3 is 2.79 bits per heavy atom. The number of amides is 2. The summed E-state index contributed by atoms with van der Waals surface area (Å²) in [5.74, 6) is 3.81. The van der Waals surface area contributed by atoms with Crippen LogP contribution < -0.4 is 16.6 Å². The molecule has 0 unspecified atom stereocenters. The van der Waals surface area contributed by atoms with Gasteiger partial charge in [-0.05, 0) is 11.6 Å². The number of rotatable bonds is 4. The van der Waals surface area contributed by atoms with Crippen molar-refractivity contribution in [3.05, 3.63) is 36.0 Å². The molecule has 6 N–H and O–H groups in total. The van der Waals surface area contributed by atoms with Gasteiger partial charge in [-0.2, -0.15) is 0 Å². The van der Waals surface area contributed by atoms with Gasteiger partial charge in [0.25, 0.3) is 0 Å². The number of benzene rings is 1. The van der Waals surface area contributed by atoms with Gasteiger partial charge in [0.15, 0.2) is 0 Å². The van der Waals surface area contributed by atoms with Crippen molar-refractivity contribution in [3.63, 3.8) is 0 Å². The van der Waals surface area contributed by atoms with E-state index >= 15 is 0 Å². The number of para-hydroxylation sites is 1. The van der Waals surface area contributed by atoms with Gasteiger partial charge in [0.1, 0.15) is 6.04 Å². The fraction of sp³-hybridized carbons (Fsp3) is 0.167. The van der Waals surface area contributed by atoms with E-state index in [2.05, 4.69) is 10.3 Å². The minimum absolute atomic E-state index is 0.173. The molecule has 100 valence electrons. The van der Waals surface area contributed by atoms with Gasteiger partial charge in [0.2, 0.25) is 0 Å². The first-order valence-electron chi connectivity index (χ1n) is 5.66. The van der Waals surface area contributed by atoms with E-state index in [1.54, 1.807) is 6.20 Å². The number of H-pyrrole nitrogens is 1. The smallest absolute Gasteiger partial charge is 0.329 e. The maximum atomic E-state index is 11.1. The number of fused-ring (bicyclic) bond motifs is 1. The third-order valence-corrected chi connectivity index (χ3v) is 2.83. The Balaban J connectivity index is 2.21. The maximum absolute atomic E-state index is 11.1. The molecule has 0 saturated carbocycles. The molecule has 2 aromatic rings. The molecule has 1 atom stereocenters. The Hall–Kier alpha value is -2.54. The number of carbonyl (C=O) groups is 2. The number of aliphatic carboxylic acids is 1. The van der Waals surface area contributed by atoms with Gasteiger partial charge in [-0.3, -0.25) is 5.43 Å². The predicted octanol–water partition coefficient (Wildman–Crippen LogP) is 0.336. The number of hydrogen-bond acceptors (Lipinski definition) is 3. The standard InChI is InChI=1S/C12H14N4O3/c13-16-12(19)15-10(11(17)18)5-7-6-14-9-4-2-1-3-8(7)9/h1-4,6,10,14H,5,13H2,(H,17,18)(H2,15,16,19)/t10-/m1/s1. The summed E-state index contributed by atoms with van der Waals surface area (Å²) in [5.41, 5.74) is 3.59. The van der Waals surface area contributed by atoms with Crippen LogP contribution in [0.25, 0.3) is 10.9 Å². The number of nitrogens with two attached hydrogens (primary N) is 1. The molecule has 0 saturated heterocycles. The van der Waals surface area contributed by atoms with Crippen LogP contribution >= 0.6 is 0 Å². The molecule has 19 heavy (non-hydrogen) atoms.